The molecule has 0 aromatic heterocycles. The van der Waals surface area contributed by atoms with Gasteiger partial charge < -0.3 is 0 Å². The lowest BCUT2D eigenvalue weighted by Gasteiger charge is -2.09. The van der Waals surface area contributed by atoms with E-state index in [1.54, 1.807) is 0 Å². The third-order valence-corrected chi connectivity index (χ3v) is 2.76. The first-order chi connectivity index (χ1) is 5.77. The highest BCUT2D eigenvalue weighted by molar-refractivity contribution is 14.1. The Balaban J connectivity index is 2.14. The van der Waals surface area contributed by atoms with Crippen LogP contribution in [0.4, 0.5) is 0 Å². The lowest BCUT2D eigenvalue weighted by molar-refractivity contribution is 0.544. The van der Waals surface area contributed by atoms with Crippen molar-refractivity contribution in [2.45, 2.75) is 42.7 Å². The van der Waals surface area contributed by atoms with Gasteiger partial charge in [0.25, 0.3) is 0 Å². The van der Waals surface area contributed by atoms with Gasteiger partial charge in [-0.05, 0) is 39.5 Å². The van der Waals surface area contributed by atoms with Crippen LogP contribution in [0, 0.1) is 0 Å². The standard InChI is InChI=1S/C7H13IN4/c1-2-3-4-5-6-7(8)9-11-12-10-7/h2-6H2,1H3. The molecule has 0 saturated heterocycles. The summed E-state index contributed by atoms with van der Waals surface area (Å²) in [4.78, 5) is 0. The molecule has 1 heterocycles. The minimum Gasteiger partial charge on any atom is -0.124 e. The van der Waals surface area contributed by atoms with Gasteiger partial charge in [-0.3, -0.25) is 0 Å². The highest BCUT2D eigenvalue weighted by Crippen LogP contribution is 2.33. The predicted octanol–water partition coefficient (Wildman–Crippen LogP) is 3.88. The monoisotopic (exact) mass is 280 g/mol. The van der Waals surface area contributed by atoms with Crippen molar-refractivity contribution in [3.8, 4) is 0 Å². The molecule has 0 radical (unpaired) electrons. The number of hydrogen-bond donors (Lipinski definition) is 0. The predicted molar refractivity (Wildman–Crippen MR) is 55.2 cm³/mol. The molecule has 5 heteroatoms. The summed E-state index contributed by atoms with van der Waals surface area (Å²) >= 11 is 2.20. The molecule has 0 amide bonds. The van der Waals surface area contributed by atoms with Gasteiger partial charge in [-0.1, -0.05) is 26.2 Å². The molecule has 0 fully saturated rings. The van der Waals surface area contributed by atoms with Gasteiger partial charge in [0.1, 0.15) is 0 Å². The van der Waals surface area contributed by atoms with Gasteiger partial charge in [0, 0.05) is 6.42 Å². The van der Waals surface area contributed by atoms with Gasteiger partial charge in [-0.2, -0.15) is 0 Å². The molecule has 68 valence electrons. The van der Waals surface area contributed by atoms with Crippen LogP contribution in [0.2, 0.25) is 0 Å². The summed E-state index contributed by atoms with van der Waals surface area (Å²) < 4.78 is -0.370. The zero-order valence-electron chi connectivity index (χ0n) is 7.20. The van der Waals surface area contributed by atoms with E-state index in [9.17, 15) is 0 Å². The molecule has 1 aliphatic heterocycles. The number of halogens is 1. The molecule has 0 aromatic carbocycles. The van der Waals surface area contributed by atoms with Crippen molar-refractivity contribution in [3.05, 3.63) is 0 Å². The molecule has 0 saturated carbocycles. The van der Waals surface area contributed by atoms with Crippen LogP contribution in [-0.4, -0.2) is 3.67 Å². The zero-order chi connectivity index (χ0) is 8.86. The van der Waals surface area contributed by atoms with Crippen LogP contribution >= 0.6 is 22.6 Å². The summed E-state index contributed by atoms with van der Waals surface area (Å²) in [6, 6.07) is 0. The first-order valence-corrected chi connectivity index (χ1v) is 5.38. The second kappa shape index (κ2) is 4.84. The first-order valence-electron chi connectivity index (χ1n) is 4.30. The van der Waals surface area contributed by atoms with Crippen molar-refractivity contribution in [2.75, 3.05) is 0 Å². The molecule has 4 nitrogen and oxygen atoms in total. The van der Waals surface area contributed by atoms with Crippen molar-refractivity contribution in [2.24, 2.45) is 20.7 Å². The van der Waals surface area contributed by atoms with E-state index in [1.165, 1.54) is 19.3 Å². The fourth-order valence-corrected chi connectivity index (χ4v) is 1.65. The van der Waals surface area contributed by atoms with Crippen molar-refractivity contribution in [1.29, 1.82) is 0 Å². The maximum absolute atomic E-state index is 3.94. The fraction of sp³-hybridized carbons (Fsp3) is 1.00. The second-order valence-corrected chi connectivity index (χ2v) is 4.64. The van der Waals surface area contributed by atoms with E-state index in [2.05, 4.69) is 50.2 Å². The van der Waals surface area contributed by atoms with Crippen LogP contribution in [0.1, 0.15) is 39.0 Å². The van der Waals surface area contributed by atoms with E-state index in [0.29, 0.717) is 0 Å². The van der Waals surface area contributed by atoms with E-state index in [0.717, 1.165) is 12.8 Å². The summed E-state index contributed by atoms with van der Waals surface area (Å²) in [6.07, 6.45) is 5.93. The summed E-state index contributed by atoms with van der Waals surface area (Å²) in [5.41, 5.74) is 0. The summed E-state index contributed by atoms with van der Waals surface area (Å²) in [5, 5.41) is 14.9. The van der Waals surface area contributed by atoms with Gasteiger partial charge >= 0.3 is 0 Å². The molecule has 0 aromatic rings. The summed E-state index contributed by atoms with van der Waals surface area (Å²) in [7, 11) is 0. The Morgan fingerprint density at radius 3 is 2.33 bits per heavy atom. The molecule has 0 aliphatic carbocycles. The number of unbranched alkanes of at least 4 members (excludes halogenated alkanes) is 3. The number of rotatable bonds is 5. The maximum Gasteiger partial charge on any atom is 0.244 e. The SMILES string of the molecule is CCCCCCC1(I)N=NN=N1. The molecule has 1 aliphatic rings. The van der Waals surface area contributed by atoms with Gasteiger partial charge in [0.05, 0.1) is 0 Å². The summed E-state index contributed by atoms with van der Waals surface area (Å²) in [5.74, 6) is 0. The van der Waals surface area contributed by atoms with Gasteiger partial charge in [-0.25, -0.2) is 0 Å². The molecular formula is C7H13IN4. The average Bonchev–Trinajstić information content (AvgIpc) is 2.47. The lowest BCUT2D eigenvalue weighted by atomic mass is 10.1. The van der Waals surface area contributed by atoms with Crippen molar-refractivity contribution < 1.29 is 0 Å². The Kier molecular flexibility index (Phi) is 4.03. The van der Waals surface area contributed by atoms with E-state index in [-0.39, 0.29) is 3.67 Å². The van der Waals surface area contributed by atoms with Gasteiger partial charge in [0.15, 0.2) is 0 Å². The van der Waals surface area contributed by atoms with Crippen molar-refractivity contribution in [3.63, 3.8) is 0 Å². The highest BCUT2D eigenvalue weighted by Gasteiger charge is 2.27. The highest BCUT2D eigenvalue weighted by atomic mass is 127. The zero-order valence-corrected chi connectivity index (χ0v) is 9.36. The number of nitrogens with zero attached hydrogens (tertiary/aromatic N) is 4. The maximum atomic E-state index is 3.94. The van der Waals surface area contributed by atoms with Crippen LogP contribution in [-0.2, 0) is 0 Å². The number of alkyl halides is 1. The van der Waals surface area contributed by atoms with Gasteiger partial charge in [0.2, 0.25) is 3.67 Å². The molecule has 12 heavy (non-hydrogen) atoms. The molecule has 0 unspecified atom stereocenters. The largest absolute Gasteiger partial charge is 0.244 e. The van der Waals surface area contributed by atoms with Crippen molar-refractivity contribution in [1.82, 2.24) is 0 Å². The third kappa shape index (κ3) is 3.12. The Labute approximate surface area is 86.0 Å². The third-order valence-electron chi connectivity index (χ3n) is 1.78. The Morgan fingerprint density at radius 2 is 1.75 bits per heavy atom. The number of hydrogen-bond acceptors (Lipinski definition) is 4. The second-order valence-electron chi connectivity index (χ2n) is 2.91. The summed E-state index contributed by atoms with van der Waals surface area (Å²) in [6.45, 7) is 2.20. The quantitative estimate of drug-likeness (QED) is 0.317. The lowest BCUT2D eigenvalue weighted by Crippen LogP contribution is -2.09. The molecule has 0 atom stereocenters. The van der Waals surface area contributed by atoms with Gasteiger partial charge in [-0.15, -0.1) is 10.2 Å². The molecule has 0 spiro atoms. The van der Waals surface area contributed by atoms with E-state index in [4.69, 9.17) is 0 Å². The van der Waals surface area contributed by atoms with Crippen LogP contribution in [0.3, 0.4) is 0 Å². The van der Waals surface area contributed by atoms with E-state index >= 15 is 0 Å². The average molecular weight is 280 g/mol. The van der Waals surface area contributed by atoms with Crippen LogP contribution in [0.15, 0.2) is 20.7 Å². The molecule has 0 N–H and O–H groups in total. The van der Waals surface area contributed by atoms with E-state index in [1.807, 2.05) is 0 Å². The molecule has 1 rings (SSSR count). The first kappa shape index (κ1) is 10.0. The minimum absolute atomic E-state index is 0.370. The Hall–Kier alpha value is -0.0700. The minimum atomic E-state index is -0.370. The van der Waals surface area contributed by atoms with Crippen LogP contribution < -0.4 is 0 Å². The smallest absolute Gasteiger partial charge is 0.124 e. The van der Waals surface area contributed by atoms with E-state index < -0.39 is 0 Å². The fourth-order valence-electron chi connectivity index (χ4n) is 1.07. The molecular weight excluding hydrogens is 267 g/mol. The Bertz CT molecular complexity index is 178. The Morgan fingerprint density at radius 1 is 1.08 bits per heavy atom. The molecule has 0 bridgehead atoms. The van der Waals surface area contributed by atoms with Crippen LogP contribution in [0.25, 0.3) is 0 Å². The topological polar surface area (TPSA) is 49.4 Å². The van der Waals surface area contributed by atoms with Crippen LogP contribution in [0.5, 0.6) is 0 Å². The van der Waals surface area contributed by atoms with Crippen molar-refractivity contribution >= 4 is 22.6 Å². The normalized spacial score (nSPS) is 18.8.